The van der Waals surface area contributed by atoms with E-state index in [9.17, 15) is 9.18 Å². The number of hydrogen-bond donors (Lipinski definition) is 0. The Hall–Kier alpha value is -2.50. The van der Waals surface area contributed by atoms with Crippen LogP contribution in [0.2, 0.25) is 0 Å². The summed E-state index contributed by atoms with van der Waals surface area (Å²) in [6.45, 7) is 3.25. The van der Waals surface area contributed by atoms with E-state index in [2.05, 4.69) is 27.0 Å². The quantitative estimate of drug-likeness (QED) is 0.851. The molecule has 2 aromatic rings. The molecule has 1 aromatic carbocycles. The molecule has 2 atom stereocenters. The number of rotatable bonds is 2. The van der Waals surface area contributed by atoms with E-state index in [1.165, 1.54) is 12.4 Å². The Morgan fingerprint density at radius 3 is 2.21 bits per heavy atom. The molecule has 2 aliphatic heterocycles. The molecule has 2 fully saturated rings. The Labute approximate surface area is 140 Å². The number of likely N-dealkylation sites (tertiary alicyclic amines) is 1. The highest BCUT2D eigenvalue weighted by Gasteiger charge is 2.40. The second-order valence-corrected chi connectivity index (χ2v) is 6.49. The van der Waals surface area contributed by atoms with Crippen molar-refractivity contribution in [3.8, 4) is 11.4 Å². The maximum absolute atomic E-state index is 12.9. The third kappa shape index (κ3) is 2.62. The number of amides is 1. The predicted molar refractivity (Wildman–Crippen MR) is 89.0 cm³/mol. The molecular weight excluding hydrogens is 307 g/mol. The summed E-state index contributed by atoms with van der Waals surface area (Å²) in [6.07, 6.45) is 4.60. The van der Waals surface area contributed by atoms with Crippen LogP contribution < -0.4 is 4.90 Å². The zero-order valence-electron chi connectivity index (χ0n) is 13.5. The molecule has 0 aliphatic carbocycles. The standard InChI is InChI=1S/C18H19FN4O/c1-12(24)22-10-16-6-7-17(11-22)23(16)15-4-2-13(3-5-15)18-20-8-14(19)9-21-18/h2-5,8-9,16-17H,6-7,10-11H2,1H3. The van der Waals surface area contributed by atoms with E-state index in [1.54, 1.807) is 6.92 Å². The molecule has 0 saturated carbocycles. The van der Waals surface area contributed by atoms with Crippen molar-refractivity contribution >= 4 is 11.6 Å². The number of nitrogens with zero attached hydrogens (tertiary/aromatic N) is 4. The smallest absolute Gasteiger partial charge is 0.219 e. The Bertz CT molecular complexity index is 733. The SMILES string of the molecule is CC(=O)N1CC2CCC(C1)N2c1ccc(-c2ncc(F)cn2)cc1. The highest BCUT2D eigenvalue weighted by atomic mass is 19.1. The van der Waals surface area contributed by atoms with Crippen LogP contribution in [-0.2, 0) is 4.79 Å². The van der Waals surface area contributed by atoms with Gasteiger partial charge < -0.3 is 9.80 Å². The summed E-state index contributed by atoms with van der Waals surface area (Å²) in [5.74, 6) is 0.248. The number of hydrogen-bond acceptors (Lipinski definition) is 4. The van der Waals surface area contributed by atoms with Gasteiger partial charge in [-0.1, -0.05) is 0 Å². The van der Waals surface area contributed by atoms with Gasteiger partial charge in [0, 0.05) is 43.3 Å². The van der Waals surface area contributed by atoms with E-state index in [0.717, 1.165) is 37.2 Å². The van der Waals surface area contributed by atoms with Crippen LogP contribution in [-0.4, -0.2) is 45.9 Å². The lowest BCUT2D eigenvalue weighted by atomic mass is 10.1. The average molecular weight is 326 g/mol. The van der Waals surface area contributed by atoms with Gasteiger partial charge in [-0.3, -0.25) is 4.79 Å². The molecular formula is C18H19FN4O. The third-order valence-corrected chi connectivity index (χ3v) is 4.97. The van der Waals surface area contributed by atoms with Gasteiger partial charge in [-0.15, -0.1) is 0 Å². The van der Waals surface area contributed by atoms with Crippen molar-refractivity contribution in [3.63, 3.8) is 0 Å². The molecule has 1 amide bonds. The fraction of sp³-hybridized carbons (Fsp3) is 0.389. The molecule has 24 heavy (non-hydrogen) atoms. The molecule has 124 valence electrons. The van der Waals surface area contributed by atoms with Gasteiger partial charge in [-0.25, -0.2) is 14.4 Å². The molecule has 2 unspecified atom stereocenters. The van der Waals surface area contributed by atoms with Gasteiger partial charge >= 0.3 is 0 Å². The zero-order valence-corrected chi connectivity index (χ0v) is 13.5. The van der Waals surface area contributed by atoms with Crippen LogP contribution in [0.15, 0.2) is 36.7 Å². The first-order valence-corrected chi connectivity index (χ1v) is 8.23. The number of benzene rings is 1. The molecule has 2 bridgehead atoms. The number of piperazine rings is 1. The Morgan fingerprint density at radius 1 is 1.08 bits per heavy atom. The Kier molecular flexibility index (Phi) is 3.67. The summed E-state index contributed by atoms with van der Waals surface area (Å²) < 4.78 is 12.9. The van der Waals surface area contributed by atoms with Crippen LogP contribution in [0.25, 0.3) is 11.4 Å². The summed E-state index contributed by atoms with van der Waals surface area (Å²) in [5.41, 5.74) is 2.03. The van der Waals surface area contributed by atoms with E-state index in [-0.39, 0.29) is 5.91 Å². The van der Waals surface area contributed by atoms with Crippen LogP contribution in [0.4, 0.5) is 10.1 Å². The summed E-state index contributed by atoms with van der Waals surface area (Å²) in [7, 11) is 0. The first-order chi connectivity index (χ1) is 11.6. The van der Waals surface area contributed by atoms with Gasteiger partial charge in [-0.05, 0) is 37.1 Å². The largest absolute Gasteiger partial charge is 0.362 e. The lowest BCUT2D eigenvalue weighted by Gasteiger charge is -2.42. The number of carbonyl (C=O) groups excluding carboxylic acids is 1. The van der Waals surface area contributed by atoms with Crippen molar-refractivity contribution < 1.29 is 9.18 Å². The number of fused-ring (bicyclic) bond motifs is 2. The first kappa shape index (κ1) is 15.1. The van der Waals surface area contributed by atoms with Crippen LogP contribution >= 0.6 is 0 Å². The van der Waals surface area contributed by atoms with Crippen molar-refractivity contribution in [2.24, 2.45) is 0 Å². The number of carbonyl (C=O) groups is 1. The molecule has 0 N–H and O–H groups in total. The maximum Gasteiger partial charge on any atom is 0.219 e. The van der Waals surface area contributed by atoms with Crippen molar-refractivity contribution in [3.05, 3.63) is 42.5 Å². The highest BCUT2D eigenvalue weighted by Crippen LogP contribution is 2.35. The molecule has 5 nitrogen and oxygen atoms in total. The van der Waals surface area contributed by atoms with E-state index >= 15 is 0 Å². The Morgan fingerprint density at radius 2 is 1.67 bits per heavy atom. The van der Waals surface area contributed by atoms with Crippen molar-refractivity contribution in [2.75, 3.05) is 18.0 Å². The summed E-state index contributed by atoms with van der Waals surface area (Å²) in [6, 6.07) is 8.85. The van der Waals surface area contributed by atoms with Crippen molar-refractivity contribution in [2.45, 2.75) is 31.8 Å². The molecule has 0 spiro atoms. The summed E-state index contributed by atoms with van der Waals surface area (Å²) in [5, 5.41) is 0. The van der Waals surface area contributed by atoms with Gasteiger partial charge in [0.05, 0.1) is 12.4 Å². The lowest BCUT2D eigenvalue weighted by Crippen LogP contribution is -2.55. The average Bonchev–Trinajstić information content (AvgIpc) is 2.85. The van der Waals surface area contributed by atoms with Crippen LogP contribution in [0, 0.1) is 5.82 Å². The molecule has 3 heterocycles. The second kappa shape index (κ2) is 5.85. The maximum atomic E-state index is 12.9. The molecule has 1 aromatic heterocycles. The van der Waals surface area contributed by atoms with Crippen molar-refractivity contribution in [1.29, 1.82) is 0 Å². The highest BCUT2D eigenvalue weighted by molar-refractivity contribution is 5.74. The normalized spacial score (nSPS) is 22.8. The van der Waals surface area contributed by atoms with Gasteiger partial charge in [0.1, 0.15) is 0 Å². The van der Waals surface area contributed by atoms with E-state index < -0.39 is 5.82 Å². The third-order valence-electron chi connectivity index (χ3n) is 4.97. The molecule has 6 heteroatoms. The minimum Gasteiger partial charge on any atom is -0.362 e. The predicted octanol–water partition coefficient (Wildman–Crippen LogP) is 2.48. The zero-order chi connectivity index (χ0) is 16.7. The van der Waals surface area contributed by atoms with Crippen LogP contribution in [0.3, 0.4) is 0 Å². The van der Waals surface area contributed by atoms with Gasteiger partial charge in [0.25, 0.3) is 0 Å². The minimum absolute atomic E-state index is 0.162. The van der Waals surface area contributed by atoms with Gasteiger partial charge in [0.15, 0.2) is 11.6 Å². The fourth-order valence-electron chi connectivity index (χ4n) is 3.83. The second-order valence-electron chi connectivity index (χ2n) is 6.49. The molecule has 2 aliphatic rings. The molecule has 2 saturated heterocycles. The van der Waals surface area contributed by atoms with E-state index in [1.807, 2.05) is 17.0 Å². The molecule has 4 rings (SSSR count). The topological polar surface area (TPSA) is 49.3 Å². The van der Waals surface area contributed by atoms with Crippen LogP contribution in [0.5, 0.6) is 0 Å². The van der Waals surface area contributed by atoms with E-state index in [0.29, 0.717) is 17.9 Å². The fourth-order valence-corrected chi connectivity index (χ4v) is 3.83. The van der Waals surface area contributed by atoms with Gasteiger partial charge in [0.2, 0.25) is 5.91 Å². The number of halogens is 1. The minimum atomic E-state index is -0.435. The number of aromatic nitrogens is 2. The molecule has 0 radical (unpaired) electrons. The lowest BCUT2D eigenvalue weighted by molar-refractivity contribution is -0.129. The summed E-state index contributed by atoms with van der Waals surface area (Å²) >= 11 is 0. The monoisotopic (exact) mass is 326 g/mol. The van der Waals surface area contributed by atoms with Crippen molar-refractivity contribution in [1.82, 2.24) is 14.9 Å². The van der Waals surface area contributed by atoms with Crippen LogP contribution in [0.1, 0.15) is 19.8 Å². The number of anilines is 1. The van der Waals surface area contributed by atoms with Gasteiger partial charge in [-0.2, -0.15) is 0 Å². The first-order valence-electron chi connectivity index (χ1n) is 8.23. The summed E-state index contributed by atoms with van der Waals surface area (Å²) in [4.78, 5) is 24.1. The Balaban J connectivity index is 1.55. The van der Waals surface area contributed by atoms with E-state index in [4.69, 9.17) is 0 Å².